The summed E-state index contributed by atoms with van der Waals surface area (Å²) >= 11 is 3.33. The number of nitrogens with zero attached hydrogens (tertiary/aromatic N) is 2. The molecule has 0 aromatic heterocycles. The van der Waals surface area contributed by atoms with E-state index in [4.69, 9.17) is 9.90 Å². The van der Waals surface area contributed by atoms with E-state index in [1.54, 1.807) is 41.3 Å². The molecule has 204 valence electrons. The summed E-state index contributed by atoms with van der Waals surface area (Å²) in [5.74, 6) is -2.87. The first-order chi connectivity index (χ1) is 17.3. The molecule has 0 atom stereocenters. The number of rotatable bonds is 7. The maximum Gasteiger partial charge on any atom is 0.490 e. The molecule has 3 rings (SSSR count). The van der Waals surface area contributed by atoms with Crippen LogP contribution >= 0.6 is 15.9 Å². The Balaban J connectivity index is 0.000000604. The van der Waals surface area contributed by atoms with Crippen LogP contribution in [0.5, 0.6) is 0 Å². The third-order valence-corrected chi connectivity index (χ3v) is 7.27. The minimum atomic E-state index is -5.08. The lowest BCUT2D eigenvalue weighted by Crippen LogP contribution is -2.43. The Labute approximate surface area is 221 Å². The minimum absolute atomic E-state index is 0.115. The number of hydrogen-bond donors (Lipinski definition) is 3. The highest BCUT2D eigenvalue weighted by molar-refractivity contribution is 9.10. The standard InChI is InChI=1S/C21H27BrN4O3S.C2HF3O2/c1-3-25(4-2)21(27)16-5-10-20(26-13-11-23-12-14-26)19(15-16)24-30(28,29)18-8-6-17(22)7-9-18;3-2(4,5)1(6)7/h5-10,15,23-24H,3-4,11-14H2,1-2H3;(H,6,7). The number of benzene rings is 2. The highest BCUT2D eigenvalue weighted by Gasteiger charge is 2.38. The van der Waals surface area contributed by atoms with Gasteiger partial charge >= 0.3 is 12.1 Å². The molecule has 0 unspecified atom stereocenters. The molecule has 37 heavy (non-hydrogen) atoms. The SMILES string of the molecule is CCN(CC)C(=O)c1ccc(N2CCNCC2)c(NS(=O)(=O)c2ccc(Br)cc2)c1.O=C(O)C(F)(F)F. The molecule has 0 spiro atoms. The maximum absolute atomic E-state index is 13.0. The lowest BCUT2D eigenvalue weighted by atomic mass is 10.1. The molecule has 1 amide bonds. The lowest BCUT2D eigenvalue weighted by molar-refractivity contribution is -0.192. The van der Waals surface area contributed by atoms with Crippen LogP contribution in [0.4, 0.5) is 24.5 Å². The normalized spacial score (nSPS) is 13.8. The van der Waals surface area contributed by atoms with Crippen molar-refractivity contribution in [1.82, 2.24) is 10.2 Å². The van der Waals surface area contributed by atoms with E-state index in [-0.39, 0.29) is 10.8 Å². The van der Waals surface area contributed by atoms with Crippen LogP contribution in [-0.2, 0) is 14.8 Å². The van der Waals surface area contributed by atoms with Crippen molar-refractivity contribution in [2.75, 3.05) is 48.9 Å². The zero-order chi connectivity index (χ0) is 27.8. The Morgan fingerprint density at radius 3 is 2.11 bits per heavy atom. The molecule has 0 radical (unpaired) electrons. The number of halogens is 4. The molecule has 1 saturated heterocycles. The second-order valence-electron chi connectivity index (χ2n) is 7.81. The number of aliphatic carboxylic acids is 1. The first kappa shape index (κ1) is 30.4. The maximum atomic E-state index is 13.0. The van der Waals surface area contributed by atoms with Gasteiger partial charge in [0.1, 0.15) is 0 Å². The molecule has 1 heterocycles. The number of carbonyl (C=O) groups is 2. The number of amides is 1. The fourth-order valence-corrected chi connectivity index (χ4v) is 4.77. The van der Waals surface area contributed by atoms with E-state index >= 15 is 0 Å². The second kappa shape index (κ2) is 13.1. The zero-order valence-electron chi connectivity index (χ0n) is 20.2. The molecule has 3 N–H and O–H groups in total. The van der Waals surface area contributed by atoms with Gasteiger partial charge in [0.05, 0.1) is 16.3 Å². The van der Waals surface area contributed by atoms with Crippen molar-refractivity contribution in [3.63, 3.8) is 0 Å². The number of sulfonamides is 1. The van der Waals surface area contributed by atoms with Crippen LogP contribution in [-0.4, -0.2) is 75.7 Å². The number of carboxylic acid groups (broad SMARTS) is 1. The summed E-state index contributed by atoms with van der Waals surface area (Å²) in [6.07, 6.45) is -5.08. The van der Waals surface area contributed by atoms with Crippen LogP contribution in [0.1, 0.15) is 24.2 Å². The van der Waals surface area contributed by atoms with E-state index in [0.29, 0.717) is 24.3 Å². The van der Waals surface area contributed by atoms with Crippen molar-refractivity contribution in [1.29, 1.82) is 0 Å². The van der Waals surface area contributed by atoms with Gasteiger partial charge in [0.15, 0.2) is 0 Å². The summed E-state index contributed by atoms with van der Waals surface area (Å²) in [6.45, 7) is 8.19. The van der Waals surface area contributed by atoms with E-state index < -0.39 is 22.2 Å². The molecule has 0 bridgehead atoms. The van der Waals surface area contributed by atoms with Crippen LogP contribution in [0.25, 0.3) is 0 Å². The molecule has 9 nitrogen and oxygen atoms in total. The monoisotopic (exact) mass is 608 g/mol. The minimum Gasteiger partial charge on any atom is -0.475 e. The van der Waals surface area contributed by atoms with Gasteiger partial charge in [-0.05, 0) is 56.3 Å². The van der Waals surface area contributed by atoms with E-state index in [9.17, 15) is 26.4 Å². The van der Waals surface area contributed by atoms with Gasteiger partial charge in [-0.2, -0.15) is 13.2 Å². The third kappa shape index (κ3) is 8.61. The lowest BCUT2D eigenvalue weighted by Gasteiger charge is -2.31. The first-order valence-electron chi connectivity index (χ1n) is 11.3. The van der Waals surface area contributed by atoms with Crippen LogP contribution in [0.3, 0.4) is 0 Å². The molecule has 0 saturated carbocycles. The molecule has 1 aliphatic rings. The average Bonchev–Trinajstić information content (AvgIpc) is 2.85. The van der Waals surface area contributed by atoms with E-state index in [1.807, 2.05) is 19.9 Å². The zero-order valence-corrected chi connectivity index (χ0v) is 22.6. The molecule has 14 heteroatoms. The number of piperazine rings is 1. The Bertz CT molecular complexity index is 1180. The fraction of sp³-hybridized carbons (Fsp3) is 0.391. The summed E-state index contributed by atoms with van der Waals surface area (Å²) < 4.78 is 61.3. The Morgan fingerprint density at radius 1 is 1.08 bits per heavy atom. The van der Waals surface area contributed by atoms with Gasteiger partial charge in [-0.15, -0.1) is 0 Å². The van der Waals surface area contributed by atoms with E-state index in [1.165, 1.54) is 0 Å². The molecule has 2 aromatic carbocycles. The van der Waals surface area contributed by atoms with Crippen molar-refractivity contribution in [3.05, 3.63) is 52.5 Å². The smallest absolute Gasteiger partial charge is 0.475 e. The molecule has 1 aliphatic heterocycles. The average molecular weight is 609 g/mol. The Morgan fingerprint density at radius 2 is 1.62 bits per heavy atom. The fourth-order valence-electron chi connectivity index (χ4n) is 3.44. The number of carbonyl (C=O) groups excluding carboxylic acids is 1. The van der Waals surface area contributed by atoms with E-state index in [2.05, 4.69) is 30.9 Å². The van der Waals surface area contributed by atoms with Crippen LogP contribution in [0.15, 0.2) is 51.8 Å². The van der Waals surface area contributed by atoms with Crippen molar-refractivity contribution >= 4 is 49.2 Å². The molecule has 0 aliphatic carbocycles. The number of nitrogens with one attached hydrogen (secondary N) is 2. The van der Waals surface area contributed by atoms with Gasteiger partial charge in [0, 0.05) is 49.3 Å². The van der Waals surface area contributed by atoms with Crippen LogP contribution in [0.2, 0.25) is 0 Å². The van der Waals surface area contributed by atoms with Gasteiger partial charge in [0.25, 0.3) is 15.9 Å². The summed E-state index contributed by atoms with van der Waals surface area (Å²) in [5.41, 5.74) is 1.65. The van der Waals surface area contributed by atoms with Gasteiger partial charge in [0.2, 0.25) is 0 Å². The molecule has 2 aromatic rings. The van der Waals surface area contributed by atoms with Crippen LogP contribution < -0.4 is 14.9 Å². The summed E-state index contributed by atoms with van der Waals surface area (Å²) in [5, 5.41) is 10.4. The largest absolute Gasteiger partial charge is 0.490 e. The second-order valence-corrected chi connectivity index (χ2v) is 10.4. The number of carboxylic acids is 1. The van der Waals surface area contributed by atoms with Gasteiger partial charge < -0.3 is 20.2 Å². The van der Waals surface area contributed by atoms with E-state index in [0.717, 1.165) is 36.3 Å². The topological polar surface area (TPSA) is 119 Å². The van der Waals surface area contributed by atoms with Crippen LogP contribution in [0, 0.1) is 0 Å². The highest BCUT2D eigenvalue weighted by atomic mass is 79.9. The molecular weight excluding hydrogens is 581 g/mol. The van der Waals surface area contributed by atoms with Crippen molar-refractivity contribution in [2.24, 2.45) is 0 Å². The molecule has 1 fully saturated rings. The molecular formula is C23H28BrF3N4O5S. The van der Waals surface area contributed by atoms with Gasteiger partial charge in [-0.1, -0.05) is 15.9 Å². The van der Waals surface area contributed by atoms with Gasteiger partial charge in [-0.3, -0.25) is 9.52 Å². The Hall–Kier alpha value is -2.84. The number of alkyl halides is 3. The summed E-state index contributed by atoms with van der Waals surface area (Å²) in [6, 6.07) is 11.7. The number of hydrogen-bond acceptors (Lipinski definition) is 6. The summed E-state index contributed by atoms with van der Waals surface area (Å²) in [7, 11) is -3.80. The summed E-state index contributed by atoms with van der Waals surface area (Å²) in [4.78, 5) is 25.7. The quantitative estimate of drug-likeness (QED) is 0.438. The van der Waals surface area contributed by atoms with Crippen molar-refractivity contribution < 1.29 is 36.3 Å². The number of anilines is 2. The highest BCUT2D eigenvalue weighted by Crippen LogP contribution is 2.30. The predicted molar refractivity (Wildman–Crippen MR) is 137 cm³/mol. The van der Waals surface area contributed by atoms with Crippen molar-refractivity contribution in [2.45, 2.75) is 24.9 Å². The first-order valence-corrected chi connectivity index (χ1v) is 13.5. The van der Waals surface area contributed by atoms with Crippen molar-refractivity contribution in [3.8, 4) is 0 Å². The Kier molecular flexibility index (Phi) is 10.8. The van der Waals surface area contributed by atoms with Gasteiger partial charge in [-0.25, -0.2) is 13.2 Å². The predicted octanol–water partition coefficient (Wildman–Crippen LogP) is 3.77. The third-order valence-electron chi connectivity index (χ3n) is 5.36.